The molecule has 0 N–H and O–H groups in total. The Morgan fingerprint density at radius 3 is 1.95 bits per heavy atom. The van der Waals surface area contributed by atoms with Crippen LogP contribution < -0.4 is 0 Å². The van der Waals surface area contributed by atoms with Gasteiger partial charge in [0.25, 0.3) is 0 Å². The van der Waals surface area contributed by atoms with E-state index in [4.69, 9.17) is 0 Å². The first-order valence-electron chi connectivity index (χ1n) is 6.44. The molecule has 0 bridgehead atoms. The predicted molar refractivity (Wildman–Crippen MR) is 84.3 cm³/mol. The van der Waals surface area contributed by atoms with Gasteiger partial charge in [0, 0.05) is 0 Å². The monoisotopic (exact) mass is 300 g/mol. The van der Waals surface area contributed by atoms with Crippen LogP contribution in [0.2, 0.25) is 0 Å². The van der Waals surface area contributed by atoms with Crippen LogP contribution in [0.15, 0.2) is 29.2 Å². The second-order valence-corrected chi connectivity index (χ2v) is 9.46. The molecule has 19 heavy (non-hydrogen) atoms. The zero-order valence-corrected chi connectivity index (χ0v) is 14.2. The highest BCUT2D eigenvalue weighted by molar-refractivity contribution is 8.13. The lowest BCUT2D eigenvalue weighted by molar-refractivity contribution is 0.276. The zero-order valence-electron chi connectivity index (χ0n) is 12.6. The zero-order chi connectivity index (χ0) is 14.8. The maximum atomic E-state index is 12.7. The molecule has 1 rings (SSSR count). The molecule has 0 aromatic heterocycles. The minimum absolute atomic E-state index is 0.0363. The Labute approximate surface area is 121 Å². The summed E-state index contributed by atoms with van der Waals surface area (Å²) in [5.74, 6) is 0.0776. The maximum Gasteiger partial charge on any atom is 0.190 e. The molecule has 108 valence electrons. The van der Waals surface area contributed by atoms with Gasteiger partial charge in [0.15, 0.2) is 9.84 Å². The molecule has 0 radical (unpaired) electrons. The summed E-state index contributed by atoms with van der Waals surface area (Å²) >= 11 is 1.42. The van der Waals surface area contributed by atoms with E-state index < -0.39 is 14.4 Å². The van der Waals surface area contributed by atoms with Crippen molar-refractivity contribution in [2.75, 3.05) is 6.26 Å². The molecule has 0 unspecified atom stereocenters. The molecule has 2 nitrogen and oxygen atoms in total. The Kier molecular flexibility index (Phi) is 5.13. The normalized spacial score (nSPS) is 16.1. The largest absolute Gasteiger partial charge is 0.223 e. The fourth-order valence-corrected chi connectivity index (χ4v) is 5.76. The Bertz CT molecular complexity index is 510. The molecule has 0 aliphatic rings. The first-order valence-corrected chi connectivity index (χ1v) is 9.27. The molecule has 0 spiro atoms. The summed E-state index contributed by atoms with van der Waals surface area (Å²) in [6.45, 7) is 10.2. The van der Waals surface area contributed by atoms with Crippen LogP contribution in [0.5, 0.6) is 0 Å². The Hall–Kier alpha value is -0.480. The first kappa shape index (κ1) is 16.6. The van der Waals surface area contributed by atoms with Crippen molar-refractivity contribution < 1.29 is 8.42 Å². The Morgan fingerprint density at radius 1 is 1.11 bits per heavy atom. The van der Waals surface area contributed by atoms with Crippen LogP contribution in [0, 0.1) is 18.3 Å². The molecule has 1 aromatic rings. The van der Waals surface area contributed by atoms with E-state index in [2.05, 4.69) is 20.8 Å². The van der Waals surface area contributed by atoms with E-state index in [0.29, 0.717) is 4.90 Å². The molecule has 0 fully saturated rings. The molecular weight excluding hydrogens is 276 g/mol. The molecule has 0 aliphatic carbocycles. The third kappa shape index (κ3) is 3.76. The smallest absolute Gasteiger partial charge is 0.190 e. The SMILES string of the molecule is CS[C@@H]([C@@H](C)C(C)(C)C)S(=O)(=O)c1ccc(C)cc1. The topological polar surface area (TPSA) is 34.1 Å². The molecule has 0 heterocycles. The third-order valence-corrected chi connectivity index (χ3v) is 7.82. The van der Waals surface area contributed by atoms with Gasteiger partial charge in [-0.2, -0.15) is 0 Å². The van der Waals surface area contributed by atoms with Crippen molar-refractivity contribution in [3.05, 3.63) is 29.8 Å². The first-order chi connectivity index (χ1) is 8.60. The van der Waals surface area contributed by atoms with Gasteiger partial charge in [-0.25, -0.2) is 8.42 Å². The average Bonchev–Trinajstić information content (AvgIpc) is 2.28. The predicted octanol–water partition coefficient (Wildman–Crippen LogP) is 4.14. The molecule has 0 saturated carbocycles. The van der Waals surface area contributed by atoms with E-state index in [1.54, 1.807) is 12.1 Å². The molecule has 1 aromatic carbocycles. The highest BCUT2D eigenvalue weighted by atomic mass is 32.3. The van der Waals surface area contributed by atoms with Gasteiger partial charge in [-0.1, -0.05) is 45.4 Å². The maximum absolute atomic E-state index is 12.7. The van der Waals surface area contributed by atoms with Gasteiger partial charge < -0.3 is 0 Å². The van der Waals surface area contributed by atoms with Gasteiger partial charge >= 0.3 is 0 Å². The van der Waals surface area contributed by atoms with Crippen molar-refractivity contribution in [2.45, 2.75) is 44.1 Å². The van der Waals surface area contributed by atoms with Crippen LogP contribution in [-0.4, -0.2) is 19.3 Å². The van der Waals surface area contributed by atoms with Crippen molar-refractivity contribution in [3.63, 3.8) is 0 Å². The van der Waals surface area contributed by atoms with Gasteiger partial charge in [-0.3, -0.25) is 0 Å². The average molecular weight is 300 g/mol. The summed E-state index contributed by atoms with van der Waals surface area (Å²) in [6.07, 6.45) is 1.87. The lowest BCUT2D eigenvalue weighted by Crippen LogP contribution is -2.33. The number of hydrogen-bond donors (Lipinski definition) is 0. The van der Waals surface area contributed by atoms with Crippen molar-refractivity contribution in [3.8, 4) is 0 Å². The van der Waals surface area contributed by atoms with Crippen LogP contribution in [0.25, 0.3) is 0 Å². The summed E-state index contributed by atoms with van der Waals surface area (Å²) in [6, 6.07) is 7.13. The summed E-state index contributed by atoms with van der Waals surface area (Å²) in [7, 11) is -3.29. The number of hydrogen-bond acceptors (Lipinski definition) is 3. The van der Waals surface area contributed by atoms with Crippen LogP contribution in [0.4, 0.5) is 0 Å². The number of thioether (sulfide) groups is 1. The van der Waals surface area contributed by atoms with E-state index in [0.717, 1.165) is 5.56 Å². The molecule has 0 saturated heterocycles. The van der Waals surface area contributed by atoms with Crippen LogP contribution in [0.3, 0.4) is 0 Å². The van der Waals surface area contributed by atoms with E-state index in [-0.39, 0.29) is 11.3 Å². The number of benzene rings is 1. The van der Waals surface area contributed by atoms with Crippen molar-refractivity contribution >= 4 is 21.6 Å². The summed E-state index contributed by atoms with van der Waals surface area (Å²) in [5, 5.41) is 0. The number of rotatable bonds is 4. The molecule has 4 heteroatoms. The summed E-state index contributed by atoms with van der Waals surface area (Å²) in [5.41, 5.74) is 1.04. The molecular formula is C15H24O2S2. The fraction of sp³-hybridized carbons (Fsp3) is 0.600. The fourth-order valence-electron chi connectivity index (χ4n) is 1.87. The second kappa shape index (κ2) is 5.88. The van der Waals surface area contributed by atoms with Crippen molar-refractivity contribution in [1.29, 1.82) is 0 Å². The molecule has 0 amide bonds. The van der Waals surface area contributed by atoms with Gasteiger partial charge in [0.1, 0.15) is 4.58 Å². The minimum Gasteiger partial charge on any atom is -0.223 e. The standard InChI is InChI=1S/C15H24O2S2/c1-11-7-9-13(10-8-11)19(16,17)14(18-6)12(2)15(3,4)5/h7-10,12,14H,1-6H3/t12-,14-/m1/s1. The van der Waals surface area contributed by atoms with Gasteiger partial charge in [0.2, 0.25) is 0 Å². The summed E-state index contributed by atoms with van der Waals surface area (Å²) in [4.78, 5) is 0.425. The third-order valence-electron chi connectivity index (χ3n) is 3.66. The number of aryl methyl sites for hydroxylation is 1. The van der Waals surface area contributed by atoms with Crippen LogP contribution in [0.1, 0.15) is 33.3 Å². The van der Waals surface area contributed by atoms with E-state index >= 15 is 0 Å². The van der Waals surface area contributed by atoms with Gasteiger partial charge in [0.05, 0.1) is 4.90 Å². The number of sulfone groups is 1. The van der Waals surface area contributed by atoms with Crippen molar-refractivity contribution in [2.24, 2.45) is 11.3 Å². The lowest BCUT2D eigenvalue weighted by Gasteiger charge is -2.33. The van der Waals surface area contributed by atoms with Crippen molar-refractivity contribution in [1.82, 2.24) is 0 Å². The molecule has 0 aliphatic heterocycles. The lowest BCUT2D eigenvalue weighted by atomic mass is 9.83. The molecule has 2 atom stereocenters. The minimum atomic E-state index is -3.29. The van der Waals surface area contributed by atoms with Gasteiger partial charge in [-0.15, -0.1) is 11.8 Å². The van der Waals surface area contributed by atoms with Crippen LogP contribution >= 0.6 is 11.8 Å². The Balaban J connectivity index is 3.20. The highest BCUT2D eigenvalue weighted by Gasteiger charge is 2.37. The summed E-state index contributed by atoms with van der Waals surface area (Å²) < 4.78 is 25.1. The van der Waals surface area contributed by atoms with Crippen LogP contribution in [-0.2, 0) is 9.84 Å². The quantitative estimate of drug-likeness (QED) is 0.838. The van der Waals surface area contributed by atoms with Gasteiger partial charge in [-0.05, 0) is 36.6 Å². The Morgan fingerprint density at radius 2 is 1.58 bits per heavy atom. The second-order valence-electron chi connectivity index (χ2n) is 6.12. The van der Waals surface area contributed by atoms with E-state index in [1.165, 1.54) is 11.8 Å². The van der Waals surface area contributed by atoms with E-state index in [1.807, 2.05) is 32.2 Å². The van der Waals surface area contributed by atoms with E-state index in [9.17, 15) is 8.42 Å². The highest BCUT2D eigenvalue weighted by Crippen LogP contribution is 2.38.